The second-order valence-corrected chi connectivity index (χ2v) is 9.10. The van der Waals surface area contributed by atoms with Crippen molar-refractivity contribution in [3.63, 3.8) is 0 Å². The maximum absolute atomic E-state index is 4.70. The van der Waals surface area contributed by atoms with Crippen molar-refractivity contribution in [2.45, 2.75) is 76.0 Å². The highest BCUT2D eigenvalue weighted by molar-refractivity contribution is 8.01. The quantitative estimate of drug-likeness (QED) is 0.735. The van der Waals surface area contributed by atoms with Crippen LogP contribution >= 0.6 is 24.4 Å². The summed E-state index contributed by atoms with van der Waals surface area (Å²) in [5, 5.41) is 0.916. The summed E-state index contributed by atoms with van der Waals surface area (Å²) in [6.07, 6.45) is 8.52. The van der Waals surface area contributed by atoms with Gasteiger partial charge in [0.25, 0.3) is 0 Å². The summed E-state index contributed by atoms with van der Waals surface area (Å²) >= 11 is 6.78. The van der Waals surface area contributed by atoms with Gasteiger partial charge in [-0.05, 0) is 38.5 Å². The Morgan fingerprint density at radius 3 is 2.75 bits per heavy atom. The Hall–Kier alpha value is -0.0600. The molecule has 4 heteroatoms. The van der Waals surface area contributed by atoms with Crippen LogP contribution in [0.1, 0.15) is 59.3 Å². The van der Waals surface area contributed by atoms with E-state index in [2.05, 4.69) is 30.2 Å². The van der Waals surface area contributed by atoms with Crippen LogP contribution in [0.25, 0.3) is 0 Å². The van der Waals surface area contributed by atoms with Gasteiger partial charge in [-0.25, -0.2) is 0 Å². The van der Waals surface area contributed by atoms with E-state index in [-0.39, 0.29) is 0 Å². The second-order valence-electron chi connectivity index (χ2n) is 7.44. The summed E-state index contributed by atoms with van der Waals surface area (Å²) in [7, 11) is 0. The fraction of sp³-hybridized carbons (Fsp3) is 0.800. The molecule has 3 fully saturated rings. The predicted molar refractivity (Wildman–Crippen MR) is 110 cm³/mol. The molecule has 5 atom stereocenters. The Kier molecular flexibility index (Phi) is 6.31. The molecular weight excluding hydrogens is 332 g/mol. The average Bonchev–Trinajstić information content (AvgIpc) is 3.12. The third-order valence-electron chi connectivity index (χ3n) is 6.33. The minimum atomic E-state index is 0.370. The van der Waals surface area contributed by atoms with Gasteiger partial charge in [0.1, 0.15) is 6.54 Å². The largest absolute Gasteiger partial charge is 0.334 e. The molecule has 1 N–H and O–H groups in total. The van der Waals surface area contributed by atoms with E-state index in [1.165, 1.54) is 56.6 Å². The van der Waals surface area contributed by atoms with Gasteiger partial charge in [-0.3, -0.25) is 0 Å². The number of hydrogen-bond acceptors (Lipinski definition) is 3. The van der Waals surface area contributed by atoms with Crippen LogP contribution < -0.4 is 4.90 Å². The minimum Gasteiger partial charge on any atom is -0.334 e. The first-order chi connectivity index (χ1) is 11.7. The zero-order chi connectivity index (χ0) is 17.3. The van der Waals surface area contributed by atoms with E-state index in [9.17, 15) is 0 Å². The molecule has 0 aromatic rings. The standard InChI is InChI=1S/C18H28N2S2.C2H6/c1-3-15-14(11-22-18-17(21)12(2)20(15)18)10-19-9-5-7-13-6-4-8-16(13)19;1-2/h13,16-18,21H,2-11H2,1H3;1-2H3/p+1. The lowest BCUT2D eigenvalue weighted by molar-refractivity contribution is -0.929. The summed E-state index contributed by atoms with van der Waals surface area (Å²) in [5.41, 5.74) is 4.50. The number of rotatable bonds is 3. The van der Waals surface area contributed by atoms with Crippen LogP contribution in [-0.2, 0) is 0 Å². The zero-order valence-electron chi connectivity index (χ0n) is 15.7. The van der Waals surface area contributed by atoms with Gasteiger partial charge in [0.2, 0.25) is 0 Å². The fourth-order valence-corrected chi connectivity index (χ4v) is 7.13. The number of thioether (sulfide) groups is 1. The lowest BCUT2D eigenvalue weighted by Crippen LogP contribution is -3.17. The Morgan fingerprint density at radius 2 is 2.00 bits per heavy atom. The number of thiol groups is 1. The molecule has 0 bridgehead atoms. The van der Waals surface area contributed by atoms with Crippen molar-refractivity contribution in [2.24, 2.45) is 5.92 Å². The zero-order valence-corrected chi connectivity index (χ0v) is 17.4. The van der Waals surface area contributed by atoms with Crippen molar-refractivity contribution in [1.82, 2.24) is 4.90 Å². The topological polar surface area (TPSA) is 7.68 Å². The molecule has 24 heavy (non-hydrogen) atoms. The number of likely N-dealkylation sites (tertiary alicyclic amines) is 1. The molecule has 136 valence electrons. The summed E-state index contributed by atoms with van der Waals surface area (Å²) in [5.74, 6) is 2.24. The Bertz CT molecular complexity index is 502. The van der Waals surface area contributed by atoms with Crippen LogP contribution in [0, 0.1) is 5.92 Å². The van der Waals surface area contributed by atoms with Gasteiger partial charge in [0.15, 0.2) is 0 Å². The summed E-state index contributed by atoms with van der Waals surface area (Å²) in [4.78, 5) is 4.39. The number of quaternary nitrogens is 1. The molecule has 5 unspecified atom stereocenters. The highest BCUT2D eigenvalue weighted by atomic mass is 32.2. The van der Waals surface area contributed by atoms with Crippen molar-refractivity contribution >= 4 is 24.4 Å². The van der Waals surface area contributed by atoms with E-state index in [1.807, 2.05) is 18.7 Å². The SMILES string of the molecule is C=C1C(S)C2SCC(C[NH+]3CCCC4CCCC43)=C(CC)N12.CC. The molecular formula is C20H35N2S2+. The van der Waals surface area contributed by atoms with Crippen molar-refractivity contribution in [3.8, 4) is 0 Å². The molecule has 0 spiro atoms. The lowest BCUT2D eigenvalue weighted by Gasteiger charge is -2.53. The summed E-state index contributed by atoms with van der Waals surface area (Å²) in [6, 6.07) is 0.958. The molecule has 1 aliphatic carbocycles. The monoisotopic (exact) mass is 367 g/mol. The fourth-order valence-electron chi connectivity index (χ4n) is 5.23. The Morgan fingerprint density at radius 1 is 1.25 bits per heavy atom. The van der Waals surface area contributed by atoms with Crippen LogP contribution in [-0.4, -0.2) is 40.4 Å². The molecule has 0 aromatic heterocycles. The Labute approximate surface area is 158 Å². The number of nitrogens with zero attached hydrogens (tertiary/aromatic N) is 1. The van der Waals surface area contributed by atoms with E-state index < -0.39 is 0 Å². The maximum atomic E-state index is 4.70. The van der Waals surface area contributed by atoms with Gasteiger partial charge < -0.3 is 9.80 Å². The Balaban J connectivity index is 0.000000815. The van der Waals surface area contributed by atoms with Gasteiger partial charge in [-0.2, -0.15) is 12.6 Å². The summed E-state index contributed by atoms with van der Waals surface area (Å²) < 4.78 is 0. The maximum Gasteiger partial charge on any atom is 0.102 e. The molecule has 1 saturated carbocycles. The van der Waals surface area contributed by atoms with E-state index in [1.54, 1.807) is 11.3 Å². The molecule has 0 amide bonds. The number of allylic oxidation sites excluding steroid dienone is 1. The summed E-state index contributed by atoms with van der Waals surface area (Å²) in [6.45, 7) is 13.2. The number of fused-ring (bicyclic) bond motifs is 2. The molecule has 2 nitrogen and oxygen atoms in total. The van der Waals surface area contributed by atoms with E-state index >= 15 is 0 Å². The van der Waals surface area contributed by atoms with Gasteiger partial charge in [-0.1, -0.05) is 27.4 Å². The molecule has 0 radical (unpaired) electrons. The van der Waals surface area contributed by atoms with E-state index in [0.717, 1.165) is 18.4 Å². The second kappa shape index (κ2) is 8.09. The van der Waals surface area contributed by atoms with Crippen molar-refractivity contribution < 1.29 is 4.90 Å². The first-order valence-electron chi connectivity index (χ1n) is 10.0. The smallest absolute Gasteiger partial charge is 0.102 e. The van der Waals surface area contributed by atoms with Crippen LogP contribution in [0.4, 0.5) is 0 Å². The lowest BCUT2D eigenvalue weighted by atomic mass is 9.91. The molecule has 3 aliphatic heterocycles. The van der Waals surface area contributed by atoms with Crippen LogP contribution in [0.3, 0.4) is 0 Å². The molecule has 0 aromatic carbocycles. The van der Waals surface area contributed by atoms with Gasteiger partial charge >= 0.3 is 0 Å². The first-order valence-corrected chi connectivity index (χ1v) is 11.6. The van der Waals surface area contributed by atoms with Crippen molar-refractivity contribution in [1.29, 1.82) is 0 Å². The van der Waals surface area contributed by atoms with Gasteiger partial charge in [0.05, 0.1) is 23.2 Å². The molecule has 4 rings (SSSR count). The van der Waals surface area contributed by atoms with Crippen molar-refractivity contribution in [2.75, 3.05) is 18.8 Å². The number of nitrogens with one attached hydrogen (secondary N) is 1. The minimum absolute atomic E-state index is 0.370. The third kappa shape index (κ3) is 3.19. The van der Waals surface area contributed by atoms with E-state index in [4.69, 9.17) is 12.6 Å². The van der Waals surface area contributed by atoms with Crippen LogP contribution in [0.2, 0.25) is 0 Å². The van der Waals surface area contributed by atoms with Crippen LogP contribution in [0.15, 0.2) is 23.5 Å². The highest BCUT2D eigenvalue weighted by Gasteiger charge is 2.46. The van der Waals surface area contributed by atoms with Crippen molar-refractivity contribution in [3.05, 3.63) is 23.5 Å². The van der Waals surface area contributed by atoms with Crippen LogP contribution in [0.5, 0.6) is 0 Å². The third-order valence-corrected chi connectivity index (χ3v) is 8.46. The normalized spacial score (nSPS) is 38.1. The first kappa shape index (κ1) is 18.7. The number of piperidine rings is 1. The molecule has 2 saturated heterocycles. The predicted octanol–water partition coefficient (Wildman–Crippen LogP) is 3.72. The van der Waals surface area contributed by atoms with Gasteiger partial charge in [-0.15, -0.1) is 11.8 Å². The molecule has 3 heterocycles. The average molecular weight is 368 g/mol. The highest BCUT2D eigenvalue weighted by Crippen LogP contribution is 2.47. The molecule has 4 aliphatic rings. The van der Waals surface area contributed by atoms with E-state index in [0.29, 0.717) is 10.6 Å². The van der Waals surface area contributed by atoms with Gasteiger partial charge in [0, 0.05) is 28.6 Å². The number of hydrogen-bond donors (Lipinski definition) is 2.